The fourth-order valence-electron chi connectivity index (χ4n) is 2.69. The summed E-state index contributed by atoms with van der Waals surface area (Å²) in [5.74, 6) is 1.20. The minimum Gasteiger partial charge on any atom is -0.464 e. The summed E-state index contributed by atoms with van der Waals surface area (Å²) in [5.41, 5.74) is -0.987. The van der Waals surface area contributed by atoms with Gasteiger partial charge in [-0.2, -0.15) is 0 Å². The summed E-state index contributed by atoms with van der Waals surface area (Å²) in [5, 5.41) is 5.30. The van der Waals surface area contributed by atoms with Gasteiger partial charge in [0.2, 0.25) is 5.43 Å². The number of alkyl carbamates (subject to hydrolysis) is 1. The highest BCUT2D eigenvalue weighted by molar-refractivity contribution is 6.29. The van der Waals surface area contributed by atoms with Crippen LogP contribution in [0.1, 0.15) is 37.6 Å². The third-order valence-corrected chi connectivity index (χ3v) is 4.25. The van der Waals surface area contributed by atoms with E-state index >= 15 is 0 Å². The third-order valence-electron chi connectivity index (χ3n) is 4.04. The van der Waals surface area contributed by atoms with Crippen LogP contribution >= 0.6 is 11.6 Å². The number of terminal acetylenes is 1. The number of amides is 2. The van der Waals surface area contributed by atoms with Gasteiger partial charge >= 0.3 is 12.1 Å². The van der Waals surface area contributed by atoms with Crippen molar-refractivity contribution in [2.24, 2.45) is 0 Å². The van der Waals surface area contributed by atoms with Crippen LogP contribution in [0.25, 0.3) is 11.0 Å². The Morgan fingerprint density at radius 1 is 1.24 bits per heavy atom. The quantitative estimate of drug-likeness (QED) is 0.257. The van der Waals surface area contributed by atoms with Gasteiger partial charge in [-0.3, -0.25) is 14.4 Å². The number of fused-ring (bicyclic) bond motifs is 1. The lowest BCUT2D eigenvalue weighted by atomic mass is 10.1. The van der Waals surface area contributed by atoms with E-state index in [4.69, 9.17) is 27.5 Å². The molecule has 2 amide bonds. The molecule has 2 N–H and O–H groups in total. The normalized spacial score (nSPS) is 10.9. The maximum atomic E-state index is 12.7. The Hall–Kier alpha value is -3.58. The summed E-state index contributed by atoms with van der Waals surface area (Å²) < 4.78 is 11.5. The zero-order valence-electron chi connectivity index (χ0n) is 18.6. The standard InChI is InChI=1S/C22H25ClN4O6/c1-5-10-27-13-15(18(29)14-7-8-16(23)26-19(14)27)20(30)24-9-6-11-32-17(28)12-25-21(31)33-22(2,3)4/h1,7-8,13H,6,9-12H2,2-4H3,(H,24,30)(H,25,31). The topological polar surface area (TPSA) is 129 Å². The van der Waals surface area contributed by atoms with Crippen LogP contribution < -0.4 is 16.1 Å². The summed E-state index contributed by atoms with van der Waals surface area (Å²) in [6, 6.07) is 2.95. The van der Waals surface area contributed by atoms with Crippen molar-refractivity contribution >= 4 is 40.6 Å². The highest BCUT2D eigenvalue weighted by atomic mass is 35.5. The van der Waals surface area contributed by atoms with Crippen LogP contribution in [0.5, 0.6) is 0 Å². The van der Waals surface area contributed by atoms with Gasteiger partial charge in [0.25, 0.3) is 5.91 Å². The minimum absolute atomic E-state index is 0.0105. The van der Waals surface area contributed by atoms with E-state index in [2.05, 4.69) is 21.5 Å². The molecule has 0 aliphatic heterocycles. The average Bonchev–Trinajstić information content (AvgIpc) is 2.72. The fraction of sp³-hybridized carbons (Fsp3) is 0.409. The van der Waals surface area contributed by atoms with Gasteiger partial charge in [0.05, 0.1) is 18.5 Å². The molecule has 10 nitrogen and oxygen atoms in total. The summed E-state index contributed by atoms with van der Waals surface area (Å²) >= 11 is 5.91. The maximum absolute atomic E-state index is 12.7. The predicted octanol–water partition coefficient (Wildman–Crippen LogP) is 1.87. The maximum Gasteiger partial charge on any atom is 0.408 e. The minimum atomic E-state index is -0.727. The van der Waals surface area contributed by atoms with Crippen molar-refractivity contribution in [3.63, 3.8) is 0 Å². The van der Waals surface area contributed by atoms with E-state index in [1.54, 1.807) is 20.8 Å². The van der Waals surface area contributed by atoms with Gasteiger partial charge in [-0.05, 0) is 39.3 Å². The predicted molar refractivity (Wildman–Crippen MR) is 122 cm³/mol. The molecule has 33 heavy (non-hydrogen) atoms. The van der Waals surface area contributed by atoms with Gasteiger partial charge in [0.1, 0.15) is 28.5 Å². The molecule has 2 aromatic heterocycles. The van der Waals surface area contributed by atoms with E-state index in [1.165, 1.54) is 22.9 Å². The van der Waals surface area contributed by atoms with E-state index in [9.17, 15) is 19.2 Å². The molecular weight excluding hydrogens is 452 g/mol. The Balaban J connectivity index is 1.87. The first kappa shape index (κ1) is 25.7. The first-order chi connectivity index (χ1) is 15.5. The number of nitrogens with one attached hydrogen (secondary N) is 2. The molecule has 0 saturated carbocycles. The Morgan fingerprint density at radius 3 is 2.64 bits per heavy atom. The number of hydrogen-bond donors (Lipinski definition) is 2. The van der Waals surface area contributed by atoms with Crippen LogP contribution in [0.4, 0.5) is 4.79 Å². The molecule has 2 aromatic rings. The zero-order chi connectivity index (χ0) is 24.6. The van der Waals surface area contributed by atoms with Crippen molar-refractivity contribution in [3.8, 4) is 12.3 Å². The van der Waals surface area contributed by atoms with Gasteiger partial charge < -0.3 is 24.7 Å². The van der Waals surface area contributed by atoms with E-state index in [1.807, 2.05) is 0 Å². The second kappa shape index (κ2) is 11.3. The number of esters is 1. The van der Waals surface area contributed by atoms with Gasteiger partial charge in [0.15, 0.2) is 0 Å². The Morgan fingerprint density at radius 2 is 1.97 bits per heavy atom. The molecule has 0 atom stereocenters. The molecule has 0 bridgehead atoms. The van der Waals surface area contributed by atoms with Crippen molar-refractivity contribution in [1.29, 1.82) is 0 Å². The summed E-state index contributed by atoms with van der Waals surface area (Å²) in [6.07, 6.45) is 6.29. The largest absolute Gasteiger partial charge is 0.464 e. The number of halogens is 1. The summed E-state index contributed by atoms with van der Waals surface area (Å²) in [6.45, 7) is 5.02. The highest BCUT2D eigenvalue weighted by Crippen LogP contribution is 2.14. The lowest BCUT2D eigenvalue weighted by Crippen LogP contribution is -2.36. The molecule has 0 unspecified atom stereocenters. The second-order valence-corrected chi connectivity index (χ2v) is 8.28. The van der Waals surface area contributed by atoms with Crippen molar-refractivity contribution in [1.82, 2.24) is 20.2 Å². The molecule has 0 saturated heterocycles. The van der Waals surface area contributed by atoms with Gasteiger partial charge in [-0.15, -0.1) is 6.42 Å². The number of aromatic nitrogens is 2. The fourth-order valence-corrected chi connectivity index (χ4v) is 2.83. The van der Waals surface area contributed by atoms with Crippen LogP contribution in [0.3, 0.4) is 0 Å². The Labute approximate surface area is 195 Å². The van der Waals surface area contributed by atoms with Crippen molar-refractivity contribution in [2.45, 2.75) is 39.3 Å². The third kappa shape index (κ3) is 7.80. The monoisotopic (exact) mass is 476 g/mol. The van der Waals surface area contributed by atoms with Gasteiger partial charge in [-0.25, -0.2) is 9.78 Å². The number of rotatable bonds is 8. The van der Waals surface area contributed by atoms with Crippen LogP contribution in [0, 0.1) is 12.3 Å². The molecule has 0 fully saturated rings. The molecule has 0 aliphatic rings. The molecule has 2 heterocycles. The van der Waals surface area contributed by atoms with Crippen molar-refractivity contribution in [3.05, 3.63) is 39.3 Å². The average molecular weight is 477 g/mol. The highest BCUT2D eigenvalue weighted by Gasteiger charge is 2.18. The Bertz CT molecular complexity index is 1150. The van der Waals surface area contributed by atoms with E-state index in [-0.39, 0.29) is 48.0 Å². The van der Waals surface area contributed by atoms with E-state index in [0.29, 0.717) is 6.42 Å². The molecule has 0 aliphatic carbocycles. The van der Waals surface area contributed by atoms with Gasteiger partial charge in [0, 0.05) is 12.7 Å². The number of carbonyl (C=O) groups is 3. The molecule has 11 heteroatoms. The number of carbonyl (C=O) groups excluding carboxylic acids is 3. The van der Waals surface area contributed by atoms with Crippen molar-refractivity contribution in [2.75, 3.05) is 19.7 Å². The first-order valence-corrected chi connectivity index (χ1v) is 10.4. The van der Waals surface area contributed by atoms with E-state index in [0.717, 1.165) is 0 Å². The Kier molecular flexibility index (Phi) is 8.82. The van der Waals surface area contributed by atoms with Crippen LogP contribution in [0.2, 0.25) is 5.15 Å². The molecular formula is C22H25ClN4O6. The number of pyridine rings is 2. The molecule has 0 aromatic carbocycles. The van der Waals surface area contributed by atoms with Gasteiger partial charge in [-0.1, -0.05) is 17.5 Å². The van der Waals surface area contributed by atoms with Crippen molar-refractivity contribution < 1.29 is 23.9 Å². The molecule has 2 rings (SSSR count). The number of ether oxygens (including phenoxy) is 2. The SMILES string of the molecule is C#CCn1cc(C(=O)NCCCOC(=O)CNC(=O)OC(C)(C)C)c(=O)c2ccc(Cl)nc21. The van der Waals surface area contributed by atoms with Crippen LogP contribution in [-0.2, 0) is 20.8 Å². The lowest BCUT2D eigenvalue weighted by molar-refractivity contribution is -0.142. The second-order valence-electron chi connectivity index (χ2n) is 7.89. The van der Waals surface area contributed by atoms with Crippen LogP contribution in [0.15, 0.2) is 23.1 Å². The first-order valence-electron chi connectivity index (χ1n) is 10.1. The number of nitrogens with zero attached hydrogens (tertiary/aromatic N) is 2. The zero-order valence-corrected chi connectivity index (χ0v) is 19.3. The summed E-state index contributed by atoms with van der Waals surface area (Å²) in [7, 11) is 0. The lowest BCUT2D eigenvalue weighted by Gasteiger charge is -2.19. The van der Waals surface area contributed by atoms with Crippen LogP contribution in [-0.4, -0.2) is 52.8 Å². The molecule has 0 spiro atoms. The number of hydrogen-bond acceptors (Lipinski definition) is 7. The van der Waals surface area contributed by atoms with E-state index < -0.39 is 29.0 Å². The molecule has 176 valence electrons. The smallest absolute Gasteiger partial charge is 0.408 e. The molecule has 0 radical (unpaired) electrons. The summed E-state index contributed by atoms with van der Waals surface area (Å²) in [4.78, 5) is 52.5.